The van der Waals surface area contributed by atoms with Crippen LogP contribution in [0.5, 0.6) is 0 Å². The Bertz CT molecular complexity index is 657. The molecule has 2 atom stereocenters. The van der Waals surface area contributed by atoms with Gasteiger partial charge >= 0.3 is 6.18 Å². The third-order valence-electron chi connectivity index (χ3n) is 4.42. The van der Waals surface area contributed by atoms with Crippen LogP contribution in [-0.4, -0.2) is 19.7 Å². The van der Waals surface area contributed by atoms with E-state index >= 15 is 0 Å². The summed E-state index contributed by atoms with van der Waals surface area (Å²) >= 11 is 0. The van der Waals surface area contributed by atoms with Gasteiger partial charge in [0.05, 0.1) is 18.8 Å². The molecule has 24 heavy (non-hydrogen) atoms. The van der Waals surface area contributed by atoms with E-state index in [2.05, 4.69) is 17.4 Å². The molecule has 2 aromatic rings. The zero-order valence-corrected chi connectivity index (χ0v) is 13.2. The molecule has 1 heterocycles. The first-order valence-corrected chi connectivity index (χ1v) is 8.03. The van der Waals surface area contributed by atoms with E-state index in [0.29, 0.717) is 24.0 Å². The number of rotatable bonds is 5. The molecule has 1 saturated heterocycles. The number of nitrogens with one attached hydrogen (secondary N) is 1. The SMILES string of the molecule is FC(F)(F)c1cccc(COCC2CNCC2c2ccccc2)c1. The van der Waals surface area contributed by atoms with Crippen LogP contribution in [0.1, 0.15) is 22.6 Å². The summed E-state index contributed by atoms with van der Waals surface area (Å²) in [5.41, 5.74) is 1.19. The lowest BCUT2D eigenvalue weighted by atomic mass is 9.89. The minimum atomic E-state index is -4.32. The second-order valence-corrected chi connectivity index (χ2v) is 6.15. The molecule has 128 valence electrons. The van der Waals surface area contributed by atoms with Crippen LogP contribution in [-0.2, 0) is 17.5 Å². The molecule has 0 radical (unpaired) electrons. The highest BCUT2D eigenvalue weighted by Crippen LogP contribution is 2.30. The van der Waals surface area contributed by atoms with Crippen molar-refractivity contribution >= 4 is 0 Å². The maximum atomic E-state index is 12.7. The lowest BCUT2D eigenvalue weighted by Gasteiger charge is -2.19. The van der Waals surface area contributed by atoms with Gasteiger partial charge in [0.2, 0.25) is 0 Å². The number of benzene rings is 2. The quantitative estimate of drug-likeness (QED) is 0.883. The van der Waals surface area contributed by atoms with E-state index in [0.717, 1.165) is 25.2 Å². The van der Waals surface area contributed by atoms with Crippen molar-refractivity contribution in [2.75, 3.05) is 19.7 Å². The summed E-state index contributed by atoms with van der Waals surface area (Å²) in [5, 5.41) is 3.37. The summed E-state index contributed by atoms with van der Waals surface area (Å²) in [6.07, 6.45) is -4.32. The monoisotopic (exact) mass is 335 g/mol. The maximum absolute atomic E-state index is 12.7. The summed E-state index contributed by atoms with van der Waals surface area (Å²) in [5.74, 6) is 0.714. The fourth-order valence-electron chi connectivity index (χ4n) is 3.16. The number of halogens is 3. The van der Waals surface area contributed by atoms with Crippen LogP contribution in [0, 0.1) is 5.92 Å². The van der Waals surface area contributed by atoms with Crippen LogP contribution >= 0.6 is 0 Å². The largest absolute Gasteiger partial charge is 0.416 e. The zero-order valence-electron chi connectivity index (χ0n) is 13.2. The third-order valence-corrected chi connectivity index (χ3v) is 4.42. The lowest BCUT2D eigenvalue weighted by molar-refractivity contribution is -0.137. The Labute approximate surface area is 139 Å². The first-order valence-electron chi connectivity index (χ1n) is 8.03. The molecule has 1 aliphatic heterocycles. The van der Waals surface area contributed by atoms with E-state index in [9.17, 15) is 13.2 Å². The number of hydrogen-bond acceptors (Lipinski definition) is 2. The van der Waals surface area contributed by atoms with Crippen LogP contribution in [0.3, 0.4) is 0 Å². The summed E-state index contributed by atoms with van der Waals surface area (Å²) in [4.78, 5) is 0. The predicted molar refractivity (Wildman–Crippen MR) is 86.6 cm³/mol. The average molecular weight is 335 g/mol. The summed E-state index contributed by atoms with van der Waals surface area (Å²) in [6, 6.07) is 15.6. The highest BCUT2D eigenvalue weighted by Gasteiger charge is 2.31. The Hall–Kier alpha value is -1.85. The van der Waals surface area contributed by atoms with Gasteiger partial charge in [-0.25, -0.2) is 0 Å². The van der Waals surface area contributed by atoms with E-state index in [1.165, 1.54) is 11.6 Å². The van der Waals surface area contributed by atoms with Gasteiger partial charge in [-0.2, -0.15) is 13.2 Å². The molecule has 0 aromatic heterocycles. The van der Waals surface area contributed by atoms with Crippen molar-refractivity contribution in [1.29, 1.82) is 0 Å². The Morgan fingerprint density at radius 1 is 1.00 bits per heavy atom. The summed E-state index contributed by atoms with van der Waals surface area (Å²) < 4.78 is 43.9. The van der Waals surface area contributed by atoms with Crippen molar-refractivity contribution in [3.63, 3.8) is 0 Å². The zero-order chi connectivity index (χ0) is 17.0. The molecule has 2 aromatic carbocycles. The predicted octanol–water partition coefficient (Wildman–Crippen LogP) is 4.23. The number of hydrogen-bond donors (Lipinski definition) is 1. The number of ether oxygens (including phenoxy) is 1. The van der Waals surface area contributed by atoms with Gasteiger partial charge in [-0.1, -0.05) is 42.5 Å². The minimum absolute atomic E-state index is 0.196. The molecule has 2 nitrogen and oxygen atoms in total. The van der Waals surface area contributed by atoms with Crippen LogP contribution in [0.15, 0.2) is 54.6 Å². The second kappa shape index (κ2) is 7.36. The van der Waals surface area contributed by atoms with Crippen molar-refractivity contribution in [3.8, 4) is 0 Å². The Balaban J connectivity index is 1.56. The second-order valence-electron chi connectivity index (χ2n) is 6.15. The Kier molecular flexibility index (Phi) is 5.21. The molecule has 0 spiro atoms. The fourth-order valence-corrected chi connectivity index (χ4v) is 3.16. The molecular formula is C19H20F3NO. The normalized spacial score (nSPS) is 21.1. The van der Waals surface area contributed by atoms with Crippen LogP contribution < -0.4 is 5.32 Å². The fraction of sp³-hybridized carbons (Fsp3) is 0.368. The van der Waals surface area contributed by atoms with Crippen molar-refractivity contribution in [2.45, 2.75) is 18.7 Å². The molecular weight excluding hydrogens is 315 g/mol. The number of alkyl halides is 3. The molecule has 0 aliphatic carbocycles. The molecule has 0 saturated carbocycles. The van der Waals surface area contributed by atoms with E-state index < -0.39 is 11.7 Å². The Morgan fingerprint density at radius 3 is 2.54 bits per heavy atom. The van der Waals surface area contributed by atoms with Gasteiger partial charge < -0.3 is 10.1 Å². The van der Waals surface area contributed by atoms with Gasteiger partial charge in [0.15, 0.2) is 0 Å². The van der Waals surface area contributed by atoms with E-state index in [4.69, 9.17) is 4.74 Å². The van der Waals surface area contributed by atoms with Gasteiger partial charge in [-0.3, -0.25) is 0 Å². The van der Waals surface area contributed by atoms with Crippen LogP contribution in [0.2, 0.25) is 0 Å². The molecule has 1 aliphatic rings. The van der Waals surface area contributed by atoms with Gasteiger partial charge in [-0.05, 0) is 23.3 Å². The third kappa shape index (κ3) is 4.16. The van der Waals surface area contributed by atoms with Gasteiger partial charge in [0, 0.05) is 24.9 Å². The smallest absolute Gasteiger partial charge is 0.376 e. The minimum Gasteiger partial charge on any atom is -0.376 e. The highest BCUT2D eigenvalue weighted by atomic mass is 19.4. The molecule has 1 fully saturated rings. The van der Waals surface area contributed by atoms with Crippen molar-refractivity contribution in [2.24, 2.45) is 5.92 Å². The standard InChI is InChI=1S/C19H20F3NO/c20-19(21,22)17-8-4-5-14(9-17)12-24-13-16-10-23-11-18(16)15-6-2-1-3-7-15/h1-9,16,18,23H,10-13H2. The Morgan fingerprint density at radius 2 is 1.79 bits per heavy atom. The van der Waals surface area contributed by atoms with E-state index in [1.807, 2.05) is 18.2 Å². The van der Waals surface area contributed by atoms with Gasteiger partial charge in [0.1, 0.15) is 0 Å². The first-order chi connectivity index (χ1) is 11.5. The molecule has 3 rings (SSSR count). The maximum Gasteiger partial charge on any atom is 0.416 e. The highest BCUT2D eigenvalue weighted by molar-refractivity contribution is 5.25. The topological polar surface area (TPSA) is 21.3 Å². The van der Waals surface area contributed by atoms with E-state index in [1.54, 1.807) is 6.07 Å². The van der Waals surface area contributed by atoms with Gasteiger partial charge in [-0.15, -0.1) is 0 Å². The van der Waals surface area contributed by atoms with Crippen molar-refractivity contribution < 1.29 is 17.9 Å². The average Bonchev–Trinajstić information content (AvgIpc) is 3.04. The van der Waals surface area contributed by atoms with Crippen LogP contribution in [0.25, 0.3) is 0 Å². The molecule has 5 heteroatoms. The molecule has 0 bridgehead atoms. The van der Waals surface area contributed by atoms with E-state index in [-0.39, 0.29) is 6.61 Å². The molecule has 2 unspecified atom stereocenters. The lowest BCUT2D eigenvalue weighted by Crippen LogP contribution is -2.17. The van der Waals surface area contributed by atoms with Gasteiger partial charge in [0.25, 0.3) is 0 Å². The summed E-state index contributed by atoms with van der Waals surface area (Å²) in [6.45, 7) is 2.49. The first kappa shape index (κ1) is 17.0. The van der Waals surface area contributed by atoms with Crippen LogP contribution in [0.4, 0.5) is 13.2 Å². The molecule has 0 amide bonds. The van der Waals surface area contributed by atoms with Crippen molar-refractivity contribution in [3.05, 3.63) is 71.3 Å². The van der Waals surface area contributed by atoms with Crippen molar-refractivity contribution in [1.82, 2.24) is 5.32 Å². The summed E-state index contributed by atoms with van der Waals surface area (Å²) in [7, 11) is 0. The molecule has 1 N–H and O–H groups in total.